The maximum atomic E-state index is 12.7. The van der Waals surface area contributed by atoms with Gasteiger partial charge in [0.15, 0.2) is 0 Å². The third-order valence-corrected chi connectivity index (χ3v) is 9.61. The molecule has 0 saturated carbocycles. The first-order valence-electron chi connectivity index (χ1n) is 18.8. The molecule has 3 atom stereocenters. The molecule has 4 rings (SSSR count). The number of fused-ring (bicyclic) bond motifs is 1. The van der Waals surface area contributed by atoms with Gasteiger partial charge >= 0.3 is 0 Å². The summed E-state index contributed by atoms with van der Waals surface area (Å²) in [6.45, 7) is 14.7. The summed E-state index contributed by atoms with van der Waals surface area (Å²) in [5.41, 5.74) is 5.46. The van der Waals surface area contributed by atoms with Crippen LogP contribution in [0.5, 0.6) is 0 Å². The molecule has 296 valence electrons. The van der Waals surface area contributed by atoms with Gasteiger partial charge in [0, 0.05) is 48.3 Å². The highest BCUT2D eigenvalue weighted by molar-refractivity contribution is 6.30. The standard InChI is InChI=1S/C42H58ClN3O8/c1-31-27-39(44-36-12-10-35(43)11-13-36)38-28-34(9-16-40(38)46(31)32(2)49)33-7-14-37(15-8-33)45(30-48)41(42(3,4)5)29-54-26-25-53-24-23-52-22-21-51-20-19-50-18-6-17-47/h7-16,28,30-31,39,41,44,47H,6,17-27,29H2,1-5H3/t31-,39+,41?/m0/s1. The Balaban J connectivity index is 1.31. The highest BCUT2D eigenvalue weighted by Gasteiger charge is 2.33. The van der Waals surface area contributed by atoms with Crippen molar-refractivity contribution in [2.24, 2.45) is 5.41 Å². The van der Waals surface area contributed by atoms with E-state index in [-0.39, 0.29) is 36.1 Å². The number of benzene rings is 3. The molecular weight excluding hydrogens is 710 g/mol. The minimum absolute atomic E-state index is 0.00629. The Hall–Kier alpha value is -3.55. The summed E-state index contributed by atoms with van der Waals surface area (Å²) in [5, 5.41) is 13.1. The molecule has 12 heteroatoms. The van der Waals surface area contributed by atoms with Crippen LogP contribution in [0.25, 0.3) is 11.1 Å². The summed E-state index contributed by atoms with van der Waals surface area (Å²) in [4.78, 5) is 28.9. The van der Waals surface area contributed by atoms with Gasteiger partial charge in [-0.2, -0.15) is 0 Å². The average Bonchev–Trinajstić information content (AvgIpc) is 3.14. The number of nitrogens with one attached hydrogen (secondary N) is 1. The SMILES string of the molecule is CC(=O)N1c2ccc(-c3ccc(N(C=O)C(COCCOCCOCCOCCOCCCO)C(C)(C)C)cc3)cc2[C@H](Nc2ccc(Cl)cc2)C[C@@H]1C. The Morgan fingerprint density at radius 3 is 1.96 bits per heavy atom. The molecule has 1 unspecified atom stereocenters. The molecule has 0 spiro atoms. The highest BCUT2D eigenvalue weighted by atomic mass is 35.5. The number of hydrogen-bond acceptors (Lipinski definition) is 9. The van der Waals surface area contributed by atoms with Crippen LogP contribution in [-0.2, 0) is 33.3 Å². The molecule has 3 aromatic rings. The number of ether oxygens (including phenoxy) is 5. The first kappa shape index (κ1) is 43.2. The zero-order valence-corrected chi connectivity index (χ0v) is 33.2. The van der Waals surface area contributed by atoms with Crippen molar-refractivity contribution in [3.63, 3.8) is 0 Å². The Kier molecular flexibility index (Phi) is 17.7. The maximum Gasteiger partial charge on any atom is 0.224 e. The first-order valence-corrected chi connectivity index (χ1v) is 19.2. The van der Waals surface area contributed by atoms with Gasteiger partial charge in [-0.3, -0.25) is 9.59 Å². The highest BCUT2D eigenvalue weighted by Crippen LogP contribution is 2.41. The summed E-state index contributed by atoms with van der Waals surface area (Å²) in [5.74, 6) is 0.0155. The van der Waals surface area contributed by atoms with E-state index in [1.807, 2.05) is 65.6 Å². The molecule has 2 amide bonds. The topological polar surface area (TPSA) is 119 Å². The van der Waals surface area contributed by atoms with Gasteiger partial charge in [-0.15, -0.1) is 0 Å². The Morgan fingerprint density at radius 1 is 0.870 bits per heavy atom. The lowest BCUT2D eigenvalue weighted by atomic mass is 9.86. The van der Waals surface area contributed by atoms with E-state index in [9.17, 15) is 9.59 Å². The quantitative estimate of drug-likeness (QED) is 0.0767. The van der Waals surface area contributed by atoms with E-state index in [2.05, 4.69) is 39.1 Å². The monoisotopic (exact) mass is 767 g/mol. The van der Waals surface area contributed by atoms with Crippen molar-refractivity contribution in [1.82, 2.24) is 0 Å². The minimum atomic E-state index is -0.258. The van der Waals surface area contributed by atoms with E-state index < -0.39 is 0 Å². The molecule has 1 heterocycles. The number of nitrogens with zero attached hydrogens (tertiary/aromatic N) is 2. The molecule has 0 aromatic heterocycles. The van der Waals surface area contributed by atoms with Crippen LogP contribution < -0.4 is 15.1 Å². The number of rotatable bonds is 23. The van der Waals surface area contributed by atoms with Crippen molar-refractivity contribution < 1.29 is 38.4 Å². The van der Waals surface area contributed by atoms with E-state index in [0.717, 1.165) is 46.6 Å². The molecule has 0 aliphatic carbocycles. The van der Waals surface area contributed by atoms with Gasteiger partial charge in [0.1, 0.15) is 0 Å². The normalized spacial score (nSPS) is 16.2. The molecule has 0 fully saturated rings. The van der Waals surface area contributed by atoms with Crippen LogP contribution in [-0.4, -0.2) is 102 Å². The fourth-order valence-electron chi connectivity index (χ4n) is 6.54. The number of hydrogen-bond donors (Lipinski definition) is 2. The number of amides is 2. The predicted octanol–water partition coefficient (Wildman–Crippen LogP) is 7.15. The summed E-state index contributed by atoms with van der Waals surface area (Å²) >= 11 is 6.14. The van der Waals surface area contributed by atoms with E-state index >= 15 is 0 Å². The molecule has 1 aliphatic heterocycles. The molecule has 0 radical (unpaired) electrons. The number of halogens is 1. The molecule has 0 saturated heterocycles. The summed E-state index contributed by atoms with van der Waals surface area (Å²) < 4.78 is 28.0. The minimum Gasteiger partial charge on any atom is -0.396 e. The van der Waals surface area contributed by atoms with Crippen molar-refractivity contribution in [3.05, 3.63) is 77.3 Å². The summed E-state index contributed by atoms with van der Waals surface area (Å²) in [6, 6.07) is 21.7. The second-order valence-electron chi connectivity index (χ2n) is 14.5. The third kappa shape index (κ3) is 13.0. The fourth-order valence-corrected chi connectivity index (χ4v) is 6.66. The van der Waals surface area contributed by atoms with Crippen LogP contribution in [0.1, 0.15) is 59.1 Å². The lowest BCUT2D eigenvalue weighted by Gasteiger charge is -2.40. The first-order chi connectivity index (χ1) is 26.0. The zero-order chi connectivity index (χ0) is 38.9. The Morgan fingerprint density at radius 2 is 1.43 bits per heavy atom. The van der Waals surface area contributed by atoms with E-state index in [1.54, 1.807) is 11.8 Å². The van der Waals surface area contributed by atoms with Crippen molar-refractivity contribution in [3.8, 4) is 11.1 Å². The van der Waals surface area contributed by atoms with Crippen molar-refractivity contribution in [2.75, 3.05) is 87.8 Å². The molecule has 54 heavy (non-hydrogen) atoms. The zero-order valence-electron chi connectivity index (χ0n) is 32.4. The number of anilines is 3. The van der Waals surface area contributed by atoms with Crippen molar-refractivity contribution in [2.45, 2.75) is 65.6 Å². The van der Waals surface area contributed by atoms with Crippen molar-refractivity contribution >= 4 is 41.0 Å². The van der Waals surface area contributed by atoms with Crippen LogP contribution in [0.15, 0.2) is 66.7 Å². The smallest absolute Gasteiger partial charge is 0.224 e. The molecule has 11 nitrogen and oxygen atoms in total. The molecule has 2 N–H and O–H groups in total. The fraction of sp³-hybridized carbons (Fsp3) is 0.524. The van der Waals surface area contributed by atoms with Gasteiger partial charge in [-0.25, -0.2) is 0 Å². The molecule has 1 aliphatic rings. The van der Waals surface area contributed by atoms with E-state index in [4.69, 9.17) is 40.4 Å². The lowest BCUT2D eigenvalue weighted by Crippen LogP contribution is -2.47. The van der Waals surface area contributed by atoms with Gasteiger partial charge in [-0.1, -0.05) is 50.6 Å². The van der Waals surface area contributed by atoms with Crippen molar-refractivity contribution in [1.29, 1.82) is 0 Å². The predicted molar refractivity (Wildman–Crippen MR) is 215 cm³/mol. The average molecular weight is 768 g/mol. The number of aliphatic hydroxyl groups excluding tert-OH is 1. The van der Waals surface area contributed by atoms with Gasteiger partial charge < -0.3 is 43.9 Å². The van der Waals surface area contributed by atoms with Crippen LogP contribution >= 0.6 is 11.6 Å². The maximum absolute atomic E-state index is 12.7. The van der Waals surface area contributed by atoms with Crippen LogP contribution in [0.3, 0.4) is 0 Å². The lowest BCUT2D eigenvalue weighted by molar-refractivity contribution is -0.117. The molecule has 0 bridgehead atoms. The number of carbonyl (C=O) groups excluding carboxylic acids is 2. The van der Waals surface area contributed by atoms with E-state index in [1.165, 1.54) is 0 Å². The van der Waals surface area contributed by atoms with Crippen LogP contribution in [0.2, 0.25) is 5.02 Å². The number of aliphatic hydroxyl groups is 1. The van der Waals surface area contributed by atoms with Gasteiger partial charge in [-0.05, 0) is 90.4 Å². The molecular formula is C42H58ClN3O8. The van der Waals surface area contributed by atoms with Crippen LogP contribution in [0.4, 0.5) is 17.1 Å². The second kappa shape index (κ2) is 22.1. The summed E-state index contributed by atoms with van der Waals surface area (Å²) in [7, 11) is 0. The van der Waals surface area contributed by atoms with Gasteiger partial charge in [0.05, 0.1) is 71.5 Å². The van der Waals surface area contributed by atoms with E-state index in [0.29, 0.717) is 77.5 Å². The second-order valence-corrected chi connectivity index (χ2v) is 14.9. The molecule has 3 aromatic carbocycles. The van der Waals surface area contributed by atoms with Crippen LogP contribution in [0, 0.1) is 5.41 Å². The Bertz CT molecular complexity index is 1570. The van der Waals surface area contributed by atoms with Gasteiger partial charge in [0.2, 0.25) is 12.3 Å². The van der Waals surface area contributed by atoms with Gasteiger partial charge in [0.25, 0.3) is 0 Å². The summed E-state index contributed by atoms with van der Waals surface area (Å²) in [6.07, 6.45) is 2.26. The largest absolute Gasteiger partial charge is 0.396 e. The third-order valence-electron chi connectivity index (χ3n) is 9.36. The number of carbonyl (C=O) groups is 2. The Labute approximate surface area is 325 Å².